The van der Waals surface area contributed by atoms with Crippen molar-refractivity contribution in [1.82, 2.24) is 29.9 Å². The number of rotatable bonds is 10. The van der Waals surface area contributed by atoms with Crippen molar-refractivity contribution in [3.05, 3.63) is 64.7 Å². The molecule has 184 valence electrons. The van der Waals surface area contributed by atoms with E-state index < -0.39 is 0 Å². The molecule has 8 heteroatoms. The number of fused-ring (bicyclic) bond motifs is 2. The number of carbonyl (C=O) groups is 1. The highest BCUT2D eigenvalue weighted by molar-refractivity contribution is 5.78. The molecule has 4 aromatic rings. The zero-order chi connectivity index (χ0) is 24.9. The van der Waals surface area contributed by atoms with Gasteiger partial charge in [0.05, 0.1) is 22.5 Å². The number of amides is 1. The van der Waals surface area contributed by atoms with Crippen LogP contribution in [0, 0.1) is 5.92 Å². The van der Waals surface area contributed by atoms with E-state index in [0.29, 0.717) is 23.9 Å². The zero-order valence-corrected chi connectivity index (χ0v) is 20.9. The minimum Gasteiger partial charge on any atom is -0.346 e. The number of hydrogen-bond donors (Lipinski definition) is 1. The first kappa shape index (κ1) is 24.6. The van der Waals surface area contributed by atoms with Gasteiger partial charge in [-0.25, -0.2) is 9.67 Å². The van der Waals surface area contributed by atoms with Crippen molar-refractivity contribution in [3.8, 4) is 0 Å². The highest BCUT2D eigenvalue weighted by Crippen LogP contribution is 2.29. The summed E-state index contributed by atoms with van der Waals surface area (Å²) in [6.07, 6.45) is 2.76. The molecule has 0 bridgehead atoms. The molecule has 2 heterocycles. The van der Waals surface area contributed by atoms with Gasteiger partial charge >= 0.3 is 0 Å². The van der Waals surface area contributed by atoms with Crippen LogP contribution in [0.5, 0.6) is 0 Å². The lowest BCUT2D eigenvalue weighted by atomic mass is 10.0. The van der Waals surface area contributed by atoms with Crippen LogP contribution in [0.4, 0.5) is 0 Å². The van der Waals surface area contributed by atoms with Gasteiger partial charge in [0.25, 0.3) is 5.56 Å². The monoisotopic (exact) mass is 474 g/mol. The van der Waals surface area contributed by atoms with Crippen molar-refractivity contribution in [2.45, 2.75) is 72.0 Å². The van der Waals surface area contributed by atoms with E-state index in [1.54, 1.807) is 12.1 Å². The van der Waals surface area contributed by atoms with Crippen molar-refractivity contribution in [2.75, 3.05) is 0 Å². The third-order valence-corrected chi connectivity index (χ3v) is 6.30. The summed E-state index contributed by atoms with van der Waals surface area (Å²) in [5.74, 6) is 1.12. The standard InChI is InChI=1S/C27H34N6O2/c1-18(2)25(26-28-22-14-9-10-15-23(22)33(26)19(3)4)29-24(34)16-6-5-11-17-32-27(35)20-12-7-8-13-21(20)30-31-32/h7-10,12-15,18-19,25H,5-6,11,16-17H2,1-4H3,(H,29,34). The van der Waals surface area contributed by atoms with E-state index in [4.69, 9.17) is 4.98 Å². The highest BCUT2D eigenvalue weighted by Gasteiger charge is 2.25. The first-order valence-corrected chi connectivity index (χ1v) is 12.5. The lowest BCUT2D eigenvalue weighted by Crippen LogP contribution is -2.33. The van der Waals surface area contributed by atoms with Gasteiger partial charge in [0.2, 0.25) is 5.91 Å². The molecule has 8 nitrogen and oxygen atoms in total. The number of nitrogens with one attached hydrogen (secondary N) is 1. The second-order valence-corrected chi connectivity index (χ2v) is 9.66. The fourth-order valence-corrected chi connectivity index (χ4v) is 4.49. The Labute approximate surface area is 205 Å². The predicted octanol–water partition coefficient (Wildman–Crippen LogP) is 4.80. The van der Waals surface area contributed by atoms with Gasteiger partial charge in [0, 0.05) is 19.0 Å². The van der Waals surface area contributed by atoms with Crippen molar-refractivity contribution >= 4 is 27.8 Å². The third kappa shape index (κ3) is 5.42. The Bertz CT molecular complexity index is 1370. The molecule has 1 amide bonds. The molecule has 0 saturated carbocycles. The molecule has 1 unspecified atom stereocenters. The van der Waals surface area contributed by atoms with E-state index in [9.17, 15) is 9.59 Å². The molecule has 35 heavy (non-hydrogen) atoms. The summed E-state index contributed by atoms with van der Waals surface area (Å²) < 4.78 is 3.64. The molecule has 0 saturated heterocycles. The Morgan fingerprint density at radius 2 is 1.66 bits per heavy atom. The van der Waals surface area contributed by atoms with Crippen LogP contribution in [-0.4, -0.2) is 30.5 Å². The average molecular weight is 475 g/mol. The van der Waals surface area contributed by atoms with Crippen LogP contribution in [-0.2, 0) is 11.3 Å². The van der Waals surface area contributed by atoms with E-state index in [1.807, 2.05) is 30.3 Å². The van der Waals surface area contributed by atoms with Gasteiger partial charge in [-0.3, -0.25) is 9.59 Å². The average Bonchev–Trinajstić information content (AvgIpc) is 3.23. The van der Waals surface area contributed by atoms with E-state index in [2.05, 4.69) is 54.0 Å². The van der Waals surface area contributed by atoms with Gasteiger partial charge in [-0.05, 0) is 56.9 Å². The first-order chi connectivity index (χ1) is 16.9. The number of imidazole rings is 1. The maximum atomic E-state index is 12.8. The van der Waals surface area contributed by atoms with Gasteiger partial charge in [-0.1, -0.05) is 49.7 Å². The number of nitrogens with zero attached hydrogens (tertiary/aromatic N) is 5. The predicted molar refractivity (Wildman–Crippen MR) is 138 cm³/mol. The Hall–Kier alpha value is -3.55. The molecule has 1 N–H and O–H groups in total. The maximum Gasteiger partial charge on any atom is 0.277 e. The summed E-state index contributed by atoms with van der Waals surface area (Å²) in [6.45, 7) is 8.99. The summed E-state index contributed by atoms with van der Waals surface area (Å²) in [4.78, 5) is 30.3. The van der Waals surface area contributed by atoms with Crippen LogP contribution >= 0.6 is 0 Å². The Morgan fingerprint density at radius 3 is 2.40 bits per heavy atom. The Morgan fingerprint density at radius 1 is 0.943 bits per heavy atom. The number of aromatic nitrogens is 5. The minimum absolute atomic E-state index is 0.0220. The van der Waals surface area contributed by atoms with Crippen molar-refractivity contribution in [2.24, 2.45) is 5.92 Å². The quantitative estimate of drug-likeness (QED) is 0.333. The molecule has 0 radical (unpaired) electrons. The molecule has 0 aliphatic heterocycles. The second kappa shape index (κ2) is 10.8. The number of unbranched alkanes of at least 4 members (excludes halogenated alkanes) is 2. The second-order valence-electron chi connectivity index (χ2n) is 9.66. The Balaban J connectivity index is 1.34. The van der Waals surface area contributed by atoms with Crippen LogP contribution in [0.15, 0.2) is 53.3 Å². The molecule has 4 rings (SSSR count). The normalized spacial score (nSPS) is 12.6. The summed E-state index contributed by atoms with van der Waals surface area (Å²) in [5.41, 5.74) is 2.52. The van der Waals surface area contributed by atoms with Gasteiger partial charge in [-0.2, -0.15) is 0 Å². The van der Waals surface area contributed by atoms with Crippen molar-refractivity contribution < 1.29 is 4.79 Å². The topological polar surface area (TPSA) is 94.7 Å². The minimum atomic E-state index is -0.163. The van der Waals surface area contributed by atoms with Crippen molar-refractivity contribution in [3.63, 3.8) is 0 Å². The number of carbonyl (C=O) groups excluding carboxylic acids is 1. The lowest BCUT2D eigenvalue weighted by molar-refractivity contribution is -0.122. The fraction of sp³-hybridized carbons (Fsp3) is 0.444. The lowest BCUT2D eigenvalue weighted by Gasteiger charge is -2.25. The van der Waals surface area contributed by atoms with Crippen LogP contribution in [0.25, 0.3) is 21.9 Å². The highest BCUT2D eigenvalue weighted by atomic mass is 16.1. The smallest absolute Gasteiger partial charge is 0.277 e. The van der Waals surface area contributed by atoms with E-state index in [0.717, 1.165) is 36.1 Å². The summed E-state index contributed by atoms with van der Waals surface area (Å²) in [6, 6.07) is 15.4. The largest absolute Gasteiger partial charge is 0.346 e. The van der Waals surface area contributed by atoms with Gasteiger partial charge in [-0.15, -0.1) is 5.10 Å². The van der Waals surface area contributed by atoms with Gasteiger partial charge in [0.15, 0.2) is 0 Å². The van der Waals surface area contributed by atoms with Gasteiger partial charge in [0.1, 0.15) is 11.3 Å². The summed E-state index contributed by atoms with van der Waals surface area (Å²) in [5, 5.41) is 12.0. The number of benzene rings is 2. The third-order valence-electron chi connectivity index (χ3n) is 6.30. The van der Waals surface area contributed by atoms with Crippen LogP contribution in [0.2, 0.25) is 0 Å². The number of hydrogen-bond acceptors (Lipinski definition) is 5. The zero-order valence-electron chi connectivity index (χ0n) is 20.9. The summed E-state index contributed by atoms with van der Waals surface area (Å²) >= 11 is 0. The van der Waals surface area contributed by atoms with Crippen molar-refractivity contribution in [1.29, 1.82) is 0 Å². The summed E-state index contributed by atoms with van der Waals surface area (Å²) in [7, 11) is 0. The fourth-order valence-electron chi connectivity index (χ4n) is 4.49. The van der Waals surface area contributed by atoms with Crippen LogP contribution in [0.3, 0.4) is 0 Å². The molecule has 0 aliphatic rings. The first-order valence-electron chi connectivity index (χ1n) is 12.5. The number of para-hydroxylation sites is 2. The maximum absolute atomic E-state index is 12.8. The molecule has 0 spiro atoms. The molecule has 1 atom stereocenters. The van der Waals surface area contributed by atoms with E-state index in [1.165, 1.54) is 4.68 Å². The molecular weight excluding hydrogens is 440 g/mol. The van der Waals surface area contributed by atoms with Crippen LogP contribution in [0.1, 0.15) is 71.3 Å². The SMILES string of the molecule is CC(C)C(NC(=O)CCCCCn1nnc2ccccc2c1=O)c1nc2ccccc2n1C(C)C. The molecule has 2 aromatic heterocycles. The van der Waals surface area contributed by atoms with E-state index >= 15 is 0 Å². The molecule has 0 fully saturated rings. The number of aryl methyl sites for hydroxylation is 1. The van der Waals surface area contributed by atoms with E-state index in [-0.39, 0.29) is 29.5 Å². The van der Waals surface area contributed by atoms with Gasteiger partial charge < -0.3 is 9.88 Å². The molecule has 0 aliphatic carbocycles. The Kier molecular flexibility index (Phi) is 7.58. The molecule has 2 aromatic carbocycles. The van der Waals surface area contributed by atoms with Crippen LogP contribution < -0.4 is 10.9 Å². The molecular formula is C27H34N6O2.